The zero-order valence-electron chi connectivity index (χ0n) is 16.4. The predicted octanol–water partition coefficient (Wildman–Crippen LogP) is 2.87. The molecule has 0 heterocycles. The lowest BCUT2D eigenvalue weighted by molar-refractivity contribution is -0.122. The maximum atomic E-state index is 12.5. The maximum Gasteiger partial charge on any atom is 0.265 e. The van der Waals surface area contributed by atoms with Crippen molar-refractivity contribution in [1.29, 1.82) is 0 Å². The Balaban J connectivity index is 1.99. The van der Waals surface area contributed by atoms with Gasteiger partial charge in [-0.2, -0.15) is 0 Å². The van der Waals surface area contributed by atoms with Crippen molar-refractivity contribution >= 4 is 17.5 Å². The number of hydrogen-bond donors (Lipinski definition) is 2. The standard InChI is InChI=1S/C21H26N2O5/c1-15(28-17-9-6-8-16(14-17)27-3)20(24)23-19-11-5-4-10-18(19)21(25)22-12-7-13-26-2/h4-6,8-11,14-15H,7,12-13H2,1-3H3,(H,22,25)(H,23,24)/t15-/m0/s1. The molecule has 2 rings (SSSR count). The van der Waals surface area contributed by atoms with Crippen molar-refractivity contribution in [1.82, 2.24) is 5.32 Å². The molecule has 2 N–H and O–H groups in total. The highest BCUT2D eigenvalue weighted by Gasteiger charge is 2.18. The van der Waals surface area contributed by atoms with Crippen LogP contribution in [-0.4, -0.2) is 45.3 Å². The highest BCUT2D eigenvalue weighted by Crippen LogP contribution is 2.21. The van der Waals surface area contributed by atoms with E-state index in [-0.39, 0.29) is 11.8 Å². The average Bonchev–Trinajstić information content (AvgIpc) is 2.71. The maximum absolute atomic E-state index is 12.5. The monoisotopic (exact) mass is 386 g/mol. The number of nitrogens with one attached hydrogen (secondary N) is 2. The van der Waals surface area contributed by atoms with E-state index in [2.05, 4.69) is 10.6 Å². The van der Waals surface area contributed by atoms with Gasteiger partial charge in [-0.15, -0.1) is 0 Å². The molecule has 7 nitrogen and oxygen atoms in total. The van der Waals surface area contributed by atoms with Gasteiger partial charge in [0.05, 0.1) is 18.4 Å². The van der Waals surface area contributed by atoms with Crippen LogP contribution >= 0.6 is 0 Å². The summed E-state index contributed by atoms with van der Waals surface area (Å²) in [5.74, 6) is 0.544. The summed E-state index contributed by atoms with van der Waals surface area (Å²) >= 11 is 0. The van der Waals surface area contributed by atoms with Crippen molar-refractivity contribution in [3.05, 3.63) is 54.1 Å². The molecule has 28 heavy (non-hydrogen) atoms. The Morgan fingerprint density at radius 2 is 1.79 bits per heavy atom. The smallest absolute Gasteiger partial charge is 0.265 e. The first-order valence-corrected chi connectivity index (χ1v) is 9.03. The van der Waals surface area contributed by atoms with E-state index in [0.717, 1.165) is 0 Å². The van der Waals surface area contributed by atoms with Crippen LogP contribution in [-0.2, 0) is 9.53 Å². The lowest BCUT2D eigenvalue weighted by atomic mass is 10.1. The van der Waals surface area contributed by atoms with Gasteiger partial charge in [0.25, 0.3) is 11.8 Å². The number of carbonyl (C=O) groups is 2. The molecule has 0 unspecified atom stereocenters. The highest BCUT2D eigenvalue weighted by molar-refractivity contribution is 6.04. The van der Waals surface area contributed by atoms with Gasteiger partial charge in [-0.1, -0.05) is 18.2 Å². The lowest BCUT2D eigenvalue weighted by Gasteiger charge is -2.17. The van der Waals surface area contributed by atoms with Crippen molar-refractivity contribution in [3.8, 4) is 11.5 Å². The Morgan fingerprint density at radius 1 is 1.04 bits per heavy atom. The van der Waals surface area contributed by atoms with Crippen LogP contribution in [0, 0.1) is 0 Å². The van der Waals surface area contributed by atoms with Gasteiger partial charge in [-0.3, -0.25) is 9.59 Å². The van der Waals surface area contributed by atoms with Crippen molar-refractivity contribution in [3.63, 3.8) is 0 Å². The number of carbonyl (C=O) groups excluding carboxylic acids is 2. The molecule has 150 valence electrons. The summed E-state index contributed by atoms with van der Waals surface area (Å²) in [5.41, 5.74) is 0.819. The fourth-order valence-corrected chi connectivity index (χ4v) is 2.47. The number of rotatable bonds is 10. The minimum absolute atomic E-state index is 0.256. The van der Waals surface area contributed by atoms with Crippen LogP contribution in [0.2, 0.25) is 0 Å². The third-order valence-electron chi connectivity index (χ3n) is 3.96. The minimum atomic E-state index is -0.759. The molecule has 0 aromatic heterocycles. The summed E-state index contributed by atoms with van der Waals surface area (Å²) in [7, 11) is 3.17. The fraction of sp³-hybridized carbons (Fsp3) is 0.333. The second-order valence-electron chi connectivity index (χ2n) is 6.08. The van der Waals surface area contributed by atoms with Crippen LogP contribution in [0.5, 0.6) is 11.5 Å². The van der Waals surface area contributed by atoms with Crippen molar-refractivity contribution in [2.75, 3.05) is 32.7 Å². The molecule has 0 fully saturated rings. The van der Waals surface area contributed by atoms with Crippen LogP contribution in [0.1, 0.15) is 23.7 Å². The molecule has 7 heteroatoms. The minimum Gasteiger partial charge on any atom is -0.497 e. The number of para-hydroxylation sites is 1. The largest absolute Gasteiger partial charge is 0.497 e. The molecule has 2 aromatic rings. The van der Waals surface area contributed by atoms with Crippen LogP contribution in [0.25, 0.3) is 0 Å². The Hall–Kier alpha value is -3.06. The third kappa shape index (κ3) is 6.28. The molecule has 2 aromatic carbocycles. The van der Waals surface area contributed by atoms with E-state index < -0.39 is 6.10 Å². The Labute approximate surface area is 165 Å². The summed E-state index contributed by atoms with van der Waals surface area (Å²) in [6.45, 7) is 2.70. The number of benzene rings is 2. The zero-order valence-corrected chi connectivity index (χ0v) is 16.4. The van der Waals surface area contributed by atoms with E-state index in [9.17, 15) is 9.59 Å². The van der Waals surface area contributed by atoms with Gasteiger partial charge < -0.3 is 24.8 Å². The Bertz CT molecular complexity index is 794. The van der Waals surface area contributed by atoms with Crippen LogP contribution in [0.3, 0.4) is 0 Å². The quantitative estimate of drug-likeness (QED) is 0.613. The molecular weight excluding hydrogens is 360 g/mol. The first-order chi connectivity index (χ1) is 13.5. The van der Waals surface area contributed by atoms with Gasteiger partial charge >= 0.3 is 0 Å². The molecular formula is C21H26N2O5. The van der Waals surface area contributed by atoms with Gasteiger partial charge in [0.15, 0.2) is 6.10 Å². The van der Waals surface area contributed by atoms with Crippen LogP contribution in [0.15, 0.2) is 48.5 Å². The van der Waals surface area contributed by atoms with E-state index in [1.165, 1.54) is 0 Å². The molecule has 0 saturated carbocycles. The molecule has 0 saturated heterocycles. The molecule has 0 aliphatic carbocycles. The molecule has 0 spiro atoms. The summed E-state index contributed by atoms with van der Waals surface area (Å²) in [6, 6.07) is 13.9. The Morgan fingerprint density at radius 3 is 2.54 bits per heavy atom. The lowest BCUT2D eigenvalue weighted by Crippen LogP contribution is -2.32. The van der Waals surface area contributed by atoms with E-state index in [4.69, 9.17) is 14.2 Å². The summed E-state index contributed by atoms with van der Waals surface area (Å²) in [5, 5.41) is 5.57. The second kappa shape index (κ2) is 10.9. The van der Waals surface area contributed by atoms with E-state index >= 15 is 0 Å². The van der Waals surface area contributed by atoms with Crippen molar-refractivity contribution in [2.24, 2.45) is 0 Å². The van der Waals surface area contributed by atoms with Gasteiger partial charge in [0.1, 0.15) is 11.5 Å². The van der Waals surface area contributed by atoms with Gasteiger partial charge in [-0.25, -0.2) is 0 Å². The van der Waals surface area contributed by atoms with E-state index in [1.54, 1.807) is 69.7 Å². The normalized spacial score (nSPS) is 11.4. The van der Waals surface area contributed by atoms with Crippen LogP contribution < -0.4 is 20.1 Å². The first kappa shape index (κ1) is 21.2. The first-order valence-electron chi connectivity index (χ1n) is 9.03. The topological polar surface area (TPSA) is 85.9 Å². The summed E-state index contributed by atoms with van der Waals surface area (Å²) in [4.78, 5) is 24.9. The molecule has 1 atom stereocenters. The van der Waals surface area contributed by atoms with Gasteiger partial charge in [-0.05, 0) is 37.6 Å². The molecule has 0 bridgehead atoms. The third-order valence-corrected chi connectivity index (χ3v) is 3.96. The fourth-order valence-electron chi connectivity index (χ4n) is 2.47. The number of anilines is 1. The molecule has 0 radical (unpaired) electrons. The number of ether oxygens (including phenoxy) is 3. The van der Waals surface area contributed by atoms with E-state index in [0.29, 0.717) is 42.3 Å². The predicted molar refractivity (Wildman–Crippen MR) is 107 cm³/mol. The molecule has 0 aliphatic heterocycles. The number of amides is 2. The molecule has 2 amide bonds. The van der Waals surface area contributed by atoms with Gasteiger partial charge in [0.2, 0.25) is 0 Å². The SMILES string of the molecule is COCCCNC(=O)c1ccccc1NC(=O)[C@H](C)Oc1cccc(OC)c1. The van der Waals surface area contributed by atoms with Crippen molar-refractivity contribution < 1.29 is 23.8 Å². The second-order valence-corrected chi connectivity index (χ2v) is 6.08. The molecule has 0 aliphatic rings. The van der Waals surface area contributed by atoms with Crippen molar-refractivity contribution in [2.45, 2.75) is 19.4 Å². The summed E-state index contributed by atoms with van der Waals surface area (Å²) < 4.78 is 15.8. The Kier molecular flexibility index (Phi) is 8.30. The zero-order chi connectivity index (χ0) is 20.4. The van der Waals surface area contributed by atoms with Gasteiger partial charge in [0, 0.05) is 26.3 Å². The van der Waals surface area contributed by atoms with E-state index in [1.807, 2.05) is 0 Å². The number of methoxy groups -OCH3 is 2. The summed E-state index contributed by atoms with van der Waals surface area (Å²) in [6.07, 6.45) is -0.0488. The highest BCUT2D eigenvalue weighted by atomic mass is 16.5. The number of hydrogen-bond acceptors (Lipinski definition) is 5. The average molecular weight is 386 g/mol. The van der Waals surface area contributed by atoms with Crippen LogP contribution in [0.4, 0.5) is 5.69 Å².